The van der Waals surface area contributed by atoms with E-state index < -0.39 is 23.0 Å². The van der Waals surface area contributed by atoms with Crippen molar-refractivity contribution in [3.63, 3.8) is 0 Å². The number of carbonyl (C=O) groups excluding carboxylic acids is 4. The van der Waals surface area contributed by atoms with Crippen LogP contribution >= 0.6 is 27.7 Å². The number of nitrogens with one attached hydrogen (secondary N) is 3. The van der Waals surface area contributed by atoms with Crippen LogP contribution < -0.4 is 21.7 Å². The first kappa shape index (κ1) is 33.0. The molecule has 0 aliphatic rings. The molecule has 5 aromatic rings. The summed E-state index contributed by atoms with van der Waals surface area (Å²) in [7, 11) is 0. The molecular formula is C36H29BrN4O5S. The second-order valence-corrected chi connectivity index (χ2v) is 12.6. The maximum Gasteiger partial charge on any atom is 0.272 e. The maximum atomic E-state index is 13.5. The van der Waals surface area contributed by atoms with Crippen LogP contribution in [0.2, 0.25) is 0 Å². The quantitative estimate of drug-likeness (QED) is 0.0835. The Morgan fingerprint density at radius 1 is 0.766 bits per heavy atom. The summed E-state index contributed by atoms with van der Waals surface area (Å²) >= 11 is 4.76. The van der Waals surface area contributed by atoms with Gasteiger partial charge in [0.15, 0.2) is 0 Å². The smallest absolute Gasteiger partial charge is 0.272 e. The van der Waals surface area contributed by atoms with Gasteiger partial charge in [0.05, 0.1) is 5.25 Å². The van der Waals surface area contributed by atoms with Gasteiger partial charge in [0.25, 0.3) is 11.8 Å². The summed E-state index contributed by atoms with van der Waals surface area (Å²) in [5.41, 5.74) is 7.90. The Hall–Kier alpha value is -5.39. The van der Waals surface area contributed by atoms with Gasteiger partial charge in [-0.25, -0.2) is 0 Å². The first-order valence-corrected chi connectivity index (χ1v) is 16.0. The molecule has 4 aromatic carbocycles. The Balaban J connectivity index is 1.26. The number of primary amides is 1. The molecule has 5 rings (SSSR count). The van der Waals surface area contributed by atoms with Gasteiger partial charge in [0.2, 0.25) is 11.8 Å². The van der Waals surface area contributed by atoms with E-state index >= 15 is 0 Å². The number of anilines is 2. The maximum absolute atomic E-state index is 13.5. The molecule has 5 N–H and O–H groups in total. The molecule has 47 heavy (non-hydrogen) atoms. The van der Waals surface area contributed by atoms with Crippen LogP contribution in [-0.4, -0.2) is 28.9 Å². The number of benzene rings is 4. The number of hydrogen-bond acceptors (Lipinski definition) is 6. The monoisotopic (exact) mass is 708 g/mol. The SMILES string of the molecule is CC(Sc1ccc(NC(=O)C(=Cc2ccc(-c3ccc(Br)cc3)o2)NC(=O)c2ccccc2)cc1)C(=O)Nc1ccc(C(N)=O)cc1. The van der Waals surface area contributed by atoms with Crippen molar-refractivity contribution in [2.75, 3.05) is 10.6 Å². The summed E-state index contributed by atoms with van der Waals surface area (Å²) in [5, 5.41) is 7.91. The van der Waals surface area contributed by atoms with Crippen LogP contribution in [-0.2, 0) is 9.59 Å². The number of hydrogen-bond donors (Lipinski definition) is 4. The Labute approximate surface area is 283 Å². The average Bonchev–Trinajstić information content (AvgIpc) is 3.54. The van der Waals surface area contributed by atoms with Crippen molar-refractivity contribution in [1.82, 2.24) is 5.32 Å². The summed E-state index contributed by atoms with van der Waals surface area (Å²) in [6.45, 7) is 1.77. The second-order valence-electron chi connectivity index (χ2n) is 10.3. The molecule has 0 spiro atoms. The standard InChI is InChI=1S/C36H29BrN4O5S/c1-22(34(43)39-27-13-9-24(10-14-27)33(38)42)47-30-18-15-28(16-19-30)40-36(45)31(41-35(44)25-5-3-2-4-6-25)21-29-17-20-32(46-29)23-7-11-26(37)12-8-23/h2-22H,1H3,(H2,38,42)(H,39,43)(H,40,45)(H,41,44). The molecule has 0 fully saturated rings. The van der Waals surface area contributed by atoms with E-state index in [9.17, 15) is 19.2 Å². The number of nitrogens with two attached hydrogens (primary N) is 1. The van der Waals surface area contributed by atoms with Gasteiger partial charge in [-0.2, -0.15) is 0 Å². The highest BCUT2D eigenvalue weighted by Gasteiger charge is 2.18. The Kier molecular flexibility index (Phi) is 10.7. The fourth-order valence-corrected chi connectivity index (χ4v) is 5.45. The van der Waals surface area contributed by atoms with Gasteiger partial charge >= 0.3 is 0 Å². The zero-order valence-corrected chi connectivity index (χ0v) is 27.4. The fourth-order valence-electron chi connectivity index (χ4n) is 4.32. The minimum absolute atomic E-state index is 0.0110. The average molecular weight is 710 g/mol. The number of halogens is 1. The molecular weight excluding hydrogens is 680 g/mol. The minimum atomic E-state index is -0.550. The van der Waals surface area contributed by atoms with Crippen LogP contribution in [0, 0.1) is 0 Å². The largest absolute Gasteiger partial charge is 0.457 e. The lowest BCUT2D eigenvalue weighted by molar-refractivity contribution is -0.115. The van der Waals surface area contributed by atoms with E-state index in [4.69, 9.17) is 10.2 Å². The van der Waals surface area contributed by atoms with Gasteiger partial charge in [-0.15, -0.1) is 11.8 Å². The molecule has 236 valence electrons. The molecule has 0 saturated heterocycles. The van der Waals surface area contributed by atoms with Crippen LogP contribution in [0.1, 0.15) is 33.4 Å². The van der Waals surface area contributed by atoms with E-state index in [0.29, 0.717) is 34.0 Å². The number of rotatable bonds is 11. The highest BCUT2D eigenvalue weighted by Crippen LogP contribution is 2.27. The molecule has 0 aliphatic carbocycles. The van der Waals surface area contributed by atoms with Gasteiger partial charge in [-0.05, 0) is 91.9 Å². The predicted molar refractivity (Wildman–Crippen MR) is 188 cm³/mol. The Morgan fingerprint density at radius 3 is 2.06 bits per heavy atom. The summed E-state index contributed by atoms with van der Waals surface area (Å²) in [4.78, 5) is 51.3. The van der Waals surface area contributed by atoms with Crippen molar-refractivity contribution >= 4 is 68.8 Å². The molecule has 0 bridgehead atoms. The van der Waals surface area contributed by atoms with Crippen molar-refractivity contribution in [3.05, 3.63) is 142 Å². The number of amides is 4. The summed E-state index contributed by atoms with van der Waals surface area (Å²) in [6, 6.07) is 33.0. The van der Waals surface area contributed by atoms with Crippen molar-refractivity contribution in [3.8, 4) is 11.3 Å². The van der Waals surface area contributed by atoms with Crippen molar-refractivity contribution in [2.45, 2.75) is 17.1 Å². The molecule has 9 nitrogen and oxygen atoms in total. The zero-order valence-electron chi connectivity index (χ0n) is 25.0. The minimum Gasteiger partial charge on any atom is -0.457 e. The first-order chi connectivity index (χ1) is 22.6. The van der Waals surface area contributed by atoms with Gasteiger partial charge < -0.3 is 26.1 Å². The van der Waals surface area contributed by atoms with E-state index in [0.717, 1.165) is 14.9 Å². The van der Waals surface area contributed by atoms with E-state index in [1.54, 1.807) is 97.9 Å². The van der Waals surface area contributed by atoms with Crippen LogP contribution in [0.25, 0.3) is 17.4 Å². The second kappa shape index (κ2) is 15.3. The van der Waals surface area contributed by atoms with E-state index in [1.807, 2.05) is 24.3 Å². The lowest BCUT2D eigenvalue weighted by Gasteiger charge is -2.13. The Bertz CT molecular complexity index is 1920. The number of thioether (sulfide) groups is 1. The van der Waals surface area contributed by atoms with Crippen LogP contribution in [0.15, 0.2) is 135 Å². The zero-order chi connectivity index (χ0) is 33.3. The van der Waals surface area contributed by atoms with Gasteiger partial charge in [0, 0.05) is 43.5 Å². The molecule has 11 heteroatoms. The van der Waals surface area contributed by atoms with Crippen molar-refractivity contribution in [1.29, 1.82) is 0 Å². The third-order valence-electron chi connectivity index (χ3n) is 6.80. The molecule has 0 saturated carbocycles. The van der Waals surface area contributed by atoms with Gasteiger partial charge in [-0.3, -0.25) is 19.2 Å². The lowest BCUT2D eigenvalue weighted by atomic mass is 10.2. The van der Waals surface area contributed by atoms with E-state index in [1.165, 1.54) is 17.8 Å². The molecule has 0 radical (unpaired) electrons. The molecule has 1 unspecified atom stereocenters. The normalized spacial score (nSPS) is 11.7. The van der Waals surface area contributed by atoms with E-state index in [-0.39, 0.29) is 11.6 Å². The Morgan fingerprint density at radius 2 is 1.40 bits per heavy atom. The summed E-state index contributed by atoms with van der Waals surface area (Å²) < 4.78 is 6.91. The number of furan rings is 1. The van der Waals surface area contributed by atoms with Crippen molar-refractivity contribution in [2.24, 2.45) is 5.73 Å². The lowest BCUT2D eigenvalue weighted by Crippen LogP contribution is -2.30. The van der Waals surface area contributed by atoms with Crippen LogP contribution in [0.4, 0.5) is 11.4 Å². The molecule has 1 heterocycles. The van der Waals surface area contributed by atoms with Crippen molar-refractivity contribution < 1.29 is 23.6 Å². The van der Waals surface area contributed by atoms with Gasteiger partial charge in [-0.1, -0.05) is 46.3 Å². The third-order valence-corrected chi connectivity index (χ3v) is 8.44. The van der Waals surface area contributed by atoms with Crippen LogP contribution in [0.3, 0.4) is 0 Å². The topological polar surface area (TPSA) is 144 Å². The highest BCUT2D eigenvalue weighted by atomic mass is 79.9. The molecule has 1 aromatic heterocycles. The molecule has 0 aliphatic heterocycles. The summed E-state index contributed by atoms with van der Waals surface area (Å²) in [5.74, 6) is -0.774. The predicted octanol–water partition coefficient (Wildman–Crippen LogP) is 7.34. The van der Waals surface area contributed by atoms with Crippen LogP contribution in [0.5, 0.6) is 0 Å². The highest BCUT2D eigenvalue weighted by molar-refractivity contribution is 9.10. The number of carbonyl (C=O) groups is 4. The molecule has 4 amide bonds. The molecule has 1 atom stereocenters. The van der Waals surface area contributed by atoms with Gasteiger partial charge in [0.1, 0.15) is 17.2 Å². The third kappa shape index (κ3) is 9.09. The first-order valence-electron chi connectivity index (χ1n) is 14.4. The summed E-state index contributed by atoms with van der Waals surface area (Å²) in [6.07, 6.45) is 1.48. The van der Waals surface area contributed by atoms with E-state index in [2.05, 4.69) is 31.9 Å². The fraction of sp³-hybridized carbons (Fsp3) is 0.0556.